The number of ether oxygens (including phenoxy) is 1. The molecule has 0 radical (unpaired) electrons. The van der Waals surface area contributed by atoms with Gasteiger partial charge in [0.05, 0.1) is 6.61 Å². The fourth-order valence-corrected chi connectivity index (χ4v) is 2.99. The Labute approximate surface area is 118 Å². The van der Waals surface area contributed by atoms with E-state index in [1.54, 1.807) is 12.1 Å². The van der Waals surface area contributed by atoms with Crippen LogP contribution in [0.4, 0.5) is 4.39 Å². The summed E-state index contributed by atoms with van der Waals surface area (Å²) < 4.78 is 18.6. The first-order chi connectivity index (χ1) is 8.65. The van der Waals surface area contributed by atoms with Crippen LogP contribution < -0.4 is 4.74 Å². The Balaban J connectivity index is 2.63. The molecule has 0 saturated carbocycles. The minimum absolute atomic E-state index is 0.192. The maximum absolute atomic E-state index is 12.8. The fourth-order valence-electron chi connectivity index (χ4n) is 2.27. The van der Waals surface area contributed by atoms with Crippen molar-refractivity contribution in [3.05, 3.63) is 30.1 Å². The van der Waals surface area contributed by atoms with E-state index >= 15 is 0 Å². The number of rotatable bonds is 8. The summed E-state index contributed by atoms with van der Waals surface area (Å²) in [6.45, 7) is 5.08. The quantitative estimate of drug-likeness (QED) is 0.600. The molecule has 0 aliphatic rings. The Morgan fingerprint density at radius 2 is 1.67 bits per heavy atom. The lowest BCUT2D eigenvalue weighted by Gasteiger charge is -2.31. The van der Waals surface area contributed by atoms with E-state index in [9.17, 15) is 4.39 Å². The highest BCUT2D eigenvalue weighted by Gasteiger charge is 2.28. The maximum Gasteiger partial charge on any atom is 0.123 e. The number of hydrogen-bond acceptors (Lipinski definition) is 1. The van der Waals surface area contributed by atoms with Gasteiger partial charge in [-0.15, -0.1) is 0 Å². The standard InChI is InChI=1S/C15H22BrFO/c1-3-9-15(11-16,10-4-2)12-18-14-7-5-13(17)6-8-14/h5-8H,3-4,9-12H2,1-2H3. The van der Waals surface area contributed by atoms with E-state index < -0.39 is 0 Å². The van der Waals surface area contributed by atoms with E-state index in [2.05, 4.69) is 29.8 Å². The van der Waals surface area contributed by atoms with Crippen LogP contribution in [0.1, 0.15) is 39.5 Å². The molecule has 0 fully saturated rings. The summed E-state index contributed by atoms with van der Waals surface area (Å²) in [6, 6.07) is 6.24. The van der Waals surface area contributed by atoms with Crippen LogP contribution in [0.25, 0.3) is 0 Å². The van der Waals surface area contributed by atoms with Crippen molar-refractivity contribution in [1.82, 2.24) is 0 Å². The van der Waals surface area contributed by atoms with E-state index in [0.717, 1.165) is 36.8 Å². The molecule has 0 aliphatic heterocycles. The van der Waals surface area contributed by atoms with Gasteiger partial charge in [-0.05, 0) is 37.1 Å². The van der Waals surface area contributed by atoms with E-state index in [0.29, 0.717) is 6.61 Å². The first-order valence-electron chi connectivity index (χ1n) is 6.60. The minimum atomic E-state index is -0.226. The van der Waals surface area contributed by atoms with Gasteiger partial charge in [-0.3, -0.25) is 0 Å². The second-order valence-electron chi connectivity index (χ2n) is 4.88. The molecule has 0 heterocycles. The zero-order valence-corrected chi connectivity index (χ0v) is 12.8. The van der Waals surface area contributed by atoms with Crippen LogP contribution in [0.15, 0.2) is 24.3 Å². The maximum atomic E-state index is 12.8. The van der Waals surface area contributed by atoms with Crippen molar-refractivity contribution in [2.45, 2.75) is 39.5 Å². The van der Waals surface area contributed by atoms with E-state index in [4.69, 9.17) is 4.74 Å². The Morgan fingerprint density at radius 1 is 1.11 bits per heavy atom. The van der Waals surface area contributed by atoms with Crippen LogP contribution in [0.5, 0.6) is 5.75 Å². The molecular formula is C15H22BrFO. The smallest absolute Gasteiger partial charge is 0.123 e. The molecule has 1 nitrogen and oxygen atoms in total. The lowest BCUT2D eigenvalue weighted by molar-refractivity contribution is 0.144. The van der Waals surface area contributed by atoms with Crippen LogP contribution in [0, 0.1) is 11.2 Å². The van der Waals surface area contributed by atoms with Crippen molar-refractivity contribution < 1.29 is 9.13 Å². The van der Waals surface area contributed by atoms with Gasteiger partial charge in [0.2, 0.25) is 0 Å². The highest BCUT2D eigenvalue weighted by molar-refractivity contribution is 9.09. The number of hydrogen-bond donors (Lipinski definition) is 0. The van der Waals surface area contributed by atoms with E-state index in [-0.39, 0.29) is 11.2 Å². The third-order valence-electron chi connectivity index (χ3n) is 3.20. The zero-order chi connectivity index (χ0) is 13.4. The third-order valence-corrected chi connectivity index (χ3v) is 4.39. The molecule has 0 saturated heterocycles. The van der Waals surface area contributed by atoms with Gasteiger partial charge >= 0.3 is 0 Å². The van der Waals surface area contributed by atoms with Gasteiger partial charge in [-0.25, -0.2) is 4.39 Å². The average molecular weight is 317 g/mol. The molecule has 0 amide bonds. The van der Waals surface area contributed by atoms with Crippen LogP contribution in [-0.4, -0.2) is 11.9 Å². The van der Waals surface area contributed by atoms with Crippen LogP contribution in [-0.2, 0) is 0 Å². The molecular weight excluding hydrogens is 295 g/mol. The molecule has 1 aromatic carbocycles. The van der Waals surface area contributed by atoms with Gasteiger partial charge in [-0.2, -0.15) is 0 Å². The topological polar surface area (TPSA) is 9.23 Å². The largest absolute Gasteiger partial charge is 0.493 e. The van der Waals surface area contributed by atoms with Crippen molar-refractivity contribution in [1.29, 1.82) is 0 Å². The minimum Gasteiger partial charge on any atom is -0.493 e. The molecule has 0 aliphatic carbocycles. The lowest BCUT2D eigenvalue weighted by atomic mass is 9.82. The number of halogens is 2. The number of alkyl halides is 1. The van der Waals surface area contributed by atoms with Gasteiger partial charge in [0.15, 0.2) is 0 Å². The summed E-state index contributed by atoms with van der Waals surface area (Å²) in [5, 5.41) is 0.947. The Morgan fingerprint density at radius 3 is 2.11 bits per heavy atom. The average Bonchev–Trinajstić information content (AvgIpc) is 2.38. The van der Waals surface area contributed by atoms with Gasteiger partial charge < -0.3 is 4.74 Å². The van der Waals surface area contributed by atoms with Crippen LogP contribution in [0.2, 0.25) is 0 Å². The second kappa shape index (κ2) is 7.78. The molecule has 0 unspecified atom stereocenters. The third kappa shape index (κ3) is 4.60. The van der Waals surface area contributed by atoms with Gasteiger partial charge in [0.25, 0.3) is 0 Å². The zero-order valence-electron chi connectivity index (χ0n) is 11.2. The van der Waals surface area contributed by atoms with E-state index in [1.165, 1.54) is 12.1 Å². The first-order valence-corrected chi connectivity index (χ1v) is 7.72. The molecule has 0 atom stereocenters. The molecule has 18 heavy (non-hydrogen) atoms. The molecule has 0 spiro atoms. The molecule has 102 valence electrons. The molecule has 1 rings (SSSR count). The van der Waals surface area contributed by atoms with Gasteiger partial charge in [0.1, 0.15) is 11.6 Å². The first kappa shape index (κ1) is 15.5. The predicted molar refractivity (Wildman–Crippen MR) is 77.9 cm³/mol. The van der Waals surface area contributed by atoms with Crippen molar-refractivity contribution >= 4 is 15.9 Å². The lowest BCUT2D eigenvalue weighted by Crippen LogP contribution is -2.30. The van der Waals surface area contributed by atoms with Crippen LogP contribution in [0.3, 0.4) is 0 Å². The Kier molecular flexibility index (Phi) is 6.69. The summed E-state index contributed by atoms with van der Waals surface area (Å²) in [5.41, 5.74) is 0.192. The molecule has 1 aromatic rings. The summed E-state index contributed by atoms with van der Waals surface area (Å²) in [6.07, 6.45) is 4.59. The Bertz CT molecular complexity index is 331. The fraction of sp³-hybridized carbons (Fsp3) is 0.600. The molecule has 3 heteroatoms. The molecule has 0 aromatic heterocycles. The Hall–Kier alpha value is -0.570. The number of benzene rings is 1. The van der Waals surface area contributed by atoms with Crippen LogP contribution >= 0.6 is 15.9 Å². The van der Waals surface area contributed by atoms with Gasteiger partial charge in [-0.1, -0.05) is 42.6 Å². The van der Waals surface area contributed by atoms with Crippen molar-refractivity contribution in [3.63, 3.8) is 0 Å². The van der Waals surface area contributed by atoms with Gasteiger partial charge in [0, 0.05) is 10.7 Å². The normalized spacial score (nSPS) is 11.6. The van der Waals surface area contributed by atoms with Crippen molar-refractivity contribution in [2.24, 2.45) is 5.41 Å². The van der Waals surface area contributed by atoms with E-state index in [1.807, 2.05) is 0 Å². The predicted octanol–water partition coefficient (Wildman–Crippen LogP) is 5.19. The monoisotopic (exact) mass is 316 g/mol. The highest BCUT2D eigenvalue weighted by atomic mass is 79.9. The summed E-state index contributed by atoms with van der Waals surface area (Å²) in [7, 11) is 0. The summed E-state index contributed by atoms with van der Waals surface area (Å²) in [4.78, 5) is 0. The summed E-state index contributed by atoms with van der Waals surface area (Å²) >= 11 is 3.62. The van der Waals surface area contributed by atoms with Crippen molar-refractivity contribution in [3.8, 4) is 5.75 Å². The second-order valence-corrected chi connectivity index (χ2v) is 5.44. The SMILES string of the molecule is CCCC(CBr)(CCC)COc1ccc(F)cc1. The summed E-state index contributed by atoms with van der Waals surface area (Å²) in [5.74, 6) is 0.519. The molecule has 0 N–H and O–H groups in total. The highest BCUT2D eigenvalue weighted by Crippen LogP contribution is 2.33. The van der Waals surface area contributed by atoms with Crippen molar-refractivity contribution in [2.75, 3.05) is 11.9 Å². The molecule has 0 bridgehead atoms.